The highest BCUT2D eigenvalue weighted by atomic mass is 16.2. The van der Waals surface area contributed by atoms with Crippen molar-refractivity contribution in [1.29, 1.82) is 0 Å². The summed E-state index contributed by atoms with van der Waals surface area (Å²) in [4.78, 5) is 13.9. The zero-order valence-electron chi connectivity index (χ0n) is 17.9. The molecular weight excluding hydrogens is 356 g/mol. The Hall–Kier alpha value is -1.35. The molecule has 0 radical (unpaired) electrons. The predicted molar refractivity (Wildman–Crippen MR) is 116 cm³/mol. The molecule has 3 heteroatoms. The number of hydrogen-bond acceptors (Lipinski definition) is 2. The Kier molecular flexibility index (Phi) is 4.02. The summed E-state index contributed by atoms with van der Waals surface area (Å²) in [5, 5.41) is 7.23. The summed E-state index contributed by atoms with van der Waals surface area (Å²) in [6.07, 6.45) is 12.3. The van der Waals surface area contributed by atoms with Gasteiger partial charge in [-0.15, -0.1) is 0 Å². The minimum atomic E-state index is -0.133. The molecular formula is C26H36N2O. The lowest BCUT2D eigenvalue weighted by molar-refractivity contribution is -0.164. The molecule has 5 aliphatic carbocycles. The van der Waals surface area contributed by atoms with Crippen LogP contribution in [0.4, 0.5) is 0 Å². The SMILES string of the molecule is CCC[C@]12CC3CC(C(=O)NC4CC5CNC4C5)(C1)C[C@@](c1ccccc1)(C3)C2. The first kappa shape index (κ1) is 18.4. The van der Waals surface area contributed by atoms with E-state index in [-0.39, 0.29) is 10.8 Å². The molecule has 1 aromatic carbocycles. The molecule has 7 atom stereocenters. The van der Waals surface area contributed by atoms with Crippen LogP contribution < -0.4 is 10.6 Å². The summed E-state index contributed by atoms with van der Waals surface area (Å²) in [5.74, 6) is 1.91. The number of rotatable bonds is 5. The van der Waals surface area contributed by atoms with Crippen LogP contribution in [-0.2, 0) is 10.2 Å². The third-order valence-corrected chi connectivity index (χ3v) is 9.48. The van der Waals surface area contributed by atoms with Crippen LogP contribution in [0.15, 0.2) is 30.3 Å². The summed E-state index contributed by atoms with van der Waals surface area (Å²) in [7, 11) is 0. The van der Waals surface area contributed by atoms with Gasteiger partial charge in [0.15, 0.2) is 0 Å². The van der Waals surface area contributed by atoms with Crippen LogP contribution in [0, 0.1) is 22.7 Å². The molecule has 3 nitrogen and oxygen atoms in total. The van der Waals surface area contributed by atoms with Crippen molar-refractivity contribution in [3.63, 3.8) is 0 Å². The normalized spacial score (nSPS) is 46.9. The lowest BCUT2D eigenvalue weighted by Gasteiger charge is -2.66. The zero-order chi connectivity index (χ0) is 19.7. The molecule has 6 fully saturated rings. The first-order chi connectivity index (χ1) is 14.0. The number of hydrogen-bond donors (Lipinski definition) is 2. The van der Waals surface area contributed by atoms with Crippen LogP contribution in [0.5, 0.6) is 0 Å². The number of amides is 1. The highest BCUT2D eigenvalue weighted by Gasteiger charge is 2.65. The average Bonchev–Trinajstić information content (AvgIpc) is 3.31. The van der Waals surface area contributed by atoms with Crippen molar-refractivity contribution in [1.82, 2.24) is 10.6 Å². The van der Waals surface area contributed by atoms with E-state index in [4.69, 9.17) is 0 Å². The van der Waals surface area contributed by atoms with Crippen molar-refractivity contribution < 1.29 is 4.79 Å². The Labute approximate surface area is 175 Å². The Balaban J connectivity index is 1.34. The van der Waals surface area contributed by atoms with E-state index in [0.29, 0.717) is 23.4 Å². The third-order valence-electron chi connectivity index (χ3n) is 9.48. The van der Waals surface area contributed by atoms with Gasteiger partial charge in [-0.1, -0.05) is 43.7 Å². The van der Waals surface area contributed by atoms with E-state index in [1.165, 1.54) is 50.5 Å². The Morgan fingerprint density at radius 2 is 1.93 bits per heavy atom. The molecule has 1 aliphatic heterocycles. The fourth-order valence-electron chi connectivity index (χ4n) is 9.15. The molecule has 1 saturated heterocycles. The summed E-state index contributed by atoms with van der Waals surface area (Å²) in [6.45, 7) is 3.49. The van der Waals surface area contributed by atoms with E-state index >= 15 is 0 Å². The summed E-state index contributed by atoms with van der Waals surface area (Å²) < 4.78 is 0. The fourth-order valence-corrected chi connectivity index (χ4v) is 9.15. The lowest BCUT2D eigenvalue weighted by Crippen LogP contribution is -2.64. The number of carbonyl (C=O) groups is 1. The highest BCUT2D eigenvalue weighted by molar-refractivity contribution is 5.84. The highest BCUT2D eigenvalue weighted by Crippen LogP contribution is 2.71. The van der Waals surface area contributed by atoms with Crippen molar-refractivity contribution in [2.75, 3.05) is 6.54 Å². The maximum Gasteiger partial charge on any atom is 0.226 e. The molecule has 1 amide bonds. The van der Waals surface area contributed by atoms with Gasteiger partial charge in [0, 0.05) is 12.1 Å². The number of carbonyl (C=O) groups excluding carboxylic acids is 1. The Bertz CT molecular complexity index is 808. The molecule has 5 unspecified atom stereocenters. The van der Waals surface area contributed by atoms with Gasteiger partial charge in [0.05, 0.1) is 5.41 Å². The smallest absolute Gasteiger partial charge is 0.226 e. The van der Waals surface area contributed by atoms with Crippen LogP contribution in [0.2, 0.25) is 0 Å². The molecule has 156 valence electrons. The van der Waals surface area contributed by atoms with Gasteiger partial charge in [-0.2, -0.15) is 0 Å². The van der Waals surface area contributed by atoms with Crippen LogP contribution in [0.1, 0.15) is 76.7 Å². The molecule has 0 spiro atoms. The summed E-state index contributed by atoms with van der Waals surface area (Å²) >= 11 is 0. The lowest BCUT2D eigenvalue weighted by atomic mass is 9.37. The molecule has 0 aromatic heterocycles. The maximum atomic E-state index is 13.9. The largest absolute Gasteiger partial charge is 0.351 e. The summed E-state index contributed by atoms with van der Waals surface area (Å²) in [5.41, 5.74) is 1.98. The van der Waals surface area contributed by atoms with Crippen molar-refractivity contribution in [3.8, 4) is 0 Å². The van der Waals surface area contributed by atoms with Crippen molar-refractivity contribution >= 4 is 5.91 Å². The molecule has 6 aliphatic rings. The van der Waals surface area contributed by atoms with Crippen molar-refractivity contribution in [2.24, 2.45) is 22.7 Å². The van der Waals surface area contributed by atoms with Gasteiger partial charge in [0.25, 0.3) is 0 Å². The Morgan fingerprint density at radius 1 is 1.07 bits per heavy atom. The maximum absolute atomic E-state index is 13.9. The van der Waals surface area contributed by atoms with Crippen LogP contribution in [-0.4, -0.2) is 24.5 Å². The number of piperidine rings is 1. The average molecular weight is 393 g/mol. The first-order valence-electron chi connectivity index (χ1n) is 12.1. The fraction of sp³-hybridized carbons (Fsp3) is 0.731. The standard InChI is InChI=1S/C26H36N2O/c1-2-8-24-11-19-12-25(15-24,20-6-4-3-5-7-20)17-26(13-19,16-24)23(29)28-22-10-18-9-21(22)27-14-18/h3-7,18-19,21-22,27H,2,8-17H2,1H3,(H,28,29)/t18?,19?,21?,22?,24-,25-,26?/m1/s1. The van der Waals surface area contributed by atoms with Crippen molar-refractivity contribution in [2.45, 2.75) is 88.6 Å². The van der Waals surface area contributed by atoms with E-state index in [1.807, 2.05) is 0 Å². The number of benzene rings is 1. The number of fused-ring (bicyclic) bond motifs is 2. The monoisotopic (exact) mass is 392 g/mol. The minimum Gasteiger partial charge on any atom is -0.351 e. The van der Waals surface area contributed by atoms with Gasteiger partial charge in [0.2, 0.25) is 5.91 Å². The molecule has 1 heterocycles. The molecule has 1 aromatic rings. The van der Waals surface area contributed by atoms with Gasteiger partial charge in [-0.05, 0) is 92.6 Å². The second-order valence-corrected chi connectivity index (χ2v) is 11.6. The van der Waals surface area contributed by atoms with Gasteiger partial charge in [-0.3, -0.25) is 4.79 Å². The van der Waals surface area contributed by atoms with E-state index in [9.17, 15) is 4.79 Å². The second-order valence-electron chi connectivity index (χ2n) is 11.6. The second kappa shape index (κ2) is 6.33. The van der Waals surface area contributed by atoms with E-state index < -0.39 is 0 Å². The van der Waals surface area contributed by atoms with Crippen LogP contribution in [0.25, 0.3) is 0 Å². The van der Waals surface area contributed by atoms with Crippen LogP contribution >= 0.6 is 0 Å². The van der Waals surface area contributed by atoms with E-state index in [1.54, 1.807) is 0 Å². The number of nitrogens with one attached hydrogen (secondary N) is 2. The molecule has 6 bridgehead atoms. The quantitative estimate of drug-likeness (QED) is 0.771. The van der Waals surface area contributed by atoms with E-state index in [2.05, 4.69) is 47.9 Å². The van der Waals surface area contributed by atoms with Gasteiger partial charge < -0.3 is 10.6 Å². The minimum absolute atomic E-state index is 0.133. The third kappa shape index (κ3) is 2.76. The first-order valence-corrected chi connectivity index (χ1v) is 12.1. The Morgan fingerprint density at radius 3 is 2.66 bits per heavy atom. The van der Waals surface area contributed by atoms with Gasteiger partial charge in [0.1, 0.15) is 0 Å². The van der Waals surface area contributed by atoms with Gasteiger partial charge in [-0.25, -0.2) is 0 Å². The molecule has 2 N–H and O–H groups in total. The van der Waals surface area contributed by atoms with Crippen LogP contribution in [0.3, 0.4) is 0 Å². The van der Waals surface area contributed by atoms with Gasteiger partial charge >= 0.3 is 0 Å². The molecule has 29 heavy (non-hydrogen) atoms. The molecule has 7 rings (SSSR count). The summed E-state index contributed by atoms with van der Waals surface area (Å²) in [6, 6.07) is 12.1. The predicted octanol–water partition coefficient (Wildman–Crippen LogP) is 4.56. The topological polar surface area (TPSA) is 41.1 Å². The van der Waals surface area contributed by atoms with Crippen molar-refractivity contribution in [3.05, 3.63) is 35.9 Å². The molecule has 5 saturated carbocycles. The zero-order valence-corrected chi connectivity index (χ0v) is 17.9. The van der Waals surface area contributed by atoms with E-state index in [0.717, 1.165) is 37.6 Å².